The molecule has 0 saturated heterocycles. The lowest BCUT2D eigenvalue weighted by Gasteiger charge is -2.21. The first-order valence-electron chi connectivity index (χ1n) is 5.30. The van der Waals surface area contributed by atoms with Crippen molar-refractivity contribution >= 4 is 18.3 Å². The van der Waals surface area contributed by atoms with Crippen LogP contribution < -0.4 is 19.1 Å². The summed E-state index contributed by atoms with van der Waals surface area (Å²) in [5.74, 6) is 2.71. The average molecular weight is 257 g/mol. The van der Waals surface area contributed by atoms with Gasteiger partial charge in [-0.25, -0.2) is 0 Å². The minimum atomic E-state index is 0.609. The van der Waals surface area contributed by atoms with Gasteiger partial charge in [0.15, 0.2) is 11.5 Å². The van der Waals surface area contributed by atoms with Crippen molar-refractivity contribution in [3.8, 4) is 17.2 Å². The van der Waals surface area contributed by atoms with Crippen molar-refractivity contribution in [2.45, 2.75) is 0 Å². The van der Waals surface area contributed by atoms with Gasteiger partial charge in [0.05, 0.1) is 21.3 Å². The van der Waals surface area contributed by atoms with Gasteiger partial charge in [0, 0.05) is 37.2 Å². The molecule has 17 heavy (non-hydrogen) atoms. The third kappa shape index (κ3) is 3.12. The van der Waals surface area contributed by atoms with Crippen LogP contribution in [0.3, 0.4) is 0 Å². The summed E-state index contributed by atoms with van der Waals surface area (Å²) in [6.07, 6.45) is 0. The van der Waals surface area contributed by atoms with Crippen molar-refractivity contribution in [1.82, 2.24) is 0 Å². The first-order chi connectivity index (χ1) is 8.17. The average Bonchev–Trinajstić information content (AvgIpc) is 2.37. The summed E-state index contributed by atoms with van der Waals surface area (Å²) in [4.78, 5) is 2.08. The van der Waals surface area contributed by atoms with E-state index in [9.17, 15) is 0 Å². The van der Waals surface area contributed by atoms with Gasteiger partial charge in [0.25, 0.3) is 0 Å². The number of anilines is 1. The highest BCUT2D eigenvalue weighted by atomic mass is 32.1. The highest BCUT2D eigenvalue weighted by Gasteiger charge is 2.14. The minimum Gasteiger partial charge on any atom is -0.493 e. The van der Waals surface area contributed by atoms with Crippen LogP contribution in [0.15, 0.2) is 12.1 Å². The van der Waals surface area contributed by atoms with E-state index in [0.29, 0.717) is 17.2 Å². The van der Waals surface area contributed by atoms with Crippen molar-refractivity contribution in [2.75, 3.05) is 45.6 Å². The molecule has 0 saturated carbocycles. The molecule has 0 radical (unpaired) electrons. The van der Waals surface area contributed by atoms with E-state index in [0.717, 1.165) is 18.0 Å². The fourth-order valence-electron chi connectivity index (χ4n) is 1.57. The molecule has 0 aliphatic carbocycles. The number of thiol groups is 1. The lowest BCUT2D eigenvalue weighted by atomic mass is 10.2. The second-order valence-corrected chi connectivity index (χ2v) is 3.98. The normalized spacial score (nSPS) is 9.94. The van der Waals surface area contributed by atoms with Gasteiger partial charge in [-0.3, -0.25) is 0 Å². The van der Waals surface area contributed by atoms with Gasteiger partial charge < -0.3 is 19.1 Å². The SMILES string of the molecule is COc1cc(N(C)CCS)cc(OC)c1OC. The van der Waals surface area contributed by atoms with Crippen LogP contribution in [0.25, 0.3) is 0 Å². The molecule has 0 atom stereocenters. The zero-order valence-electron chi connectivity index (χ0n) is 10.7. The second-order valence-electron chi connectivity index (χ2n) is 3.53. The van der Waals surface area contributed by atoms with Gasteiger partial charge in [0.2, 0.25) is 5.75 Å². The highest BCUT2D eigenvalue weighted by Crippen LogP contribution is 2.40. The Labute approximate surface area is 108 Å². The molecule has 0 aromatic heterocycles. The Morgan fingerprint density at radius 3 is 1.94 bits per heavy atom. The Balaban J connectivity index is 3.17. The van der Waals surface area contributed by atoms with Crippen molar-refractivity contribution in [1.29, 1.82) is 0 Å². The molecule has 0 N–H and O–H groups in total. The molecule has 0 aliphatic heterocycles. The molecule has 1 rings (SSSR count). The molecule has 0 unspecified atom stereocenters. The Bertz CT molecular complexity index is 346. The minimum absolute atomic E-state index is 0.609. The molecule has 4 nitrogen and oxygen atoms in total. The monoisotopic (exact) mass is 257 g/mol. The van der Waals surface area contributed by atoms with Crippen LogP contribution in [0.1, 0.15) is 0 Å². The Morgan fingerprint density at radius 2 is 1.59 bits per heavy atom. The first kappa shape index (κ1) is 13.8. The van der Waals surface area contributed by atoms with Crippen LogP contribution in [0.4, 0.5) is 5.69 Å². The lowest BCUT2D eigenvalue weighted by Crippen LogP contribution is -2.19. The molecule has 0 amide bonds. The fourth-order valence-corrected chi connectivity index (χ4v) is 1.87. The molecule has 0 spiro atoms. The smallest absolute Gasteiger partial charge is 0.203 e. The number of nitrogens with zero attached hydrogens (tertiary/aromatic N) is 1. The number of rotatable bonds is 6. The Morgan fingerprint density at radius 1 is 1.06 bits per heavy atom. The zero-order valence-corrected chi connectivity index (χ0v) is 11.6. The molecular weight excluding hydrogens is 238 g/mol. The maximum absolute atomic E-state index is 5.30. The van der Waals surface area contributed by atoms with Crippen LogP contribution in [0.2, 0.25) is 0 Å². The molecular formula is C12H19NO3S. The quantitative estimate of drug-likeness (QED) is 0.791. The van der Waals surface area contributed by atoms with E-state index in [2.05, 4.69) is 17.5 Å². The van der Waals surface area contributed by atoms with E-state index < -0.39 is 0 Å². The molecule has 96 valence electrons. The Kier molecular flexibility index (Phi) is 5.28. The Hall–Kier alpha value is -1.23. The number of methoxy groups -OCH3 is 3. The van der Waals surface area contributed by atoms with Crippen LogP contribution in [0, 0.1) is 0 Å². The largest absolute Gasteiger partial charge is 0.493 e. The molecule has 1 aromatic rings. The zero-order chi connectivity index (χ0) is 12.8. The van der Waals surface area contributed by atoms with Gasteiger partial charge in [-0.15, -0.1) is 0 Å². The maximum atomic E-state index is 5.30. The summed E-state index contributed by atoms with van der Waals surface area (Å²) >= 11 is 4.22. The summed E-state index contributed by atoms with van der Waals surface area (Å²) in [5, 5.41) is 0. The van der Waals surface area contributed by atoms with E-state index in [1.54, 1.807) is 21.3 Å². The number of hydrogen-bond donors (Lipinski definition) is 1. The summed E-state index contributed by atoms with van der Waals surface area (Å²) in [5.41, 5.74) is 1.01. The van der Waals surface area contributed by atoms with E-state index >= 15 is 0 Å². The molecule has 0 fully saturated rings. The van der Waals surface area contributed by atoms with Gasteiger partial charge in [-0.2, -0.15) is 12.6 Å². The first-order valence-corrected chi connectivity index (χ1v) is 5.93. The standard InChI is InChI=1S/C12H19NO3S/c1-13(5-6-17)9-7-10(14-2)12(16-4)11(8-9)15-3/h7-8,17H,5-6H2,1-4H3. The molecule has 5 heteroatoms. The molecule has 1 aromatic carbocycles. The van der Waals surface area contributed by atoms with Crippen LogP contribution >= 0.6 is 12.6 Å². The van der Waals surface area contributed by atoms with E-state index in [1.807, 2.05) is 19.2 Å². The fraction of sp³-hybridized carbons (Fsp3) is 0.500. The van der Waals surface area contributed by atoms with Gasteiger partial charge >= 0.3 is 0 Å². The van der Waals surface area contributed by atoms with Gasteiger partial charge in [0.1, 0.15) is 0 Å². The second kappa shape index (κ2) is 6.49. The summed E-state index contributed by atoms with van der Waals surface area (Å²) in [6.45, 7) is 0.849. The number of hydrogen-bond acceptors (Lipinski definition) is 5. The number of ether oxygens (including phenoxy) is 3. The summed E-state index contributed by atoms with van der Waals surface area (Å²) in [7, 11) is 6.81. The topological polar surface area (TPSA) is 30.9 Å². The summed E-state index contributed by atoms with van der Waals surface area (Å²) < 4.78 is 15.9. The molecule has 0 bridgehead atoms. The lowest BCUT2D eigenvalue weighted by molar-refractivity contribution is 0.324. The van der Waals surface area contributed by atoms with Crippen LogP contribution in [-0.2, 0) is 0 Å². The van der Waals surface area contributed by atoms with E-state index in [-0.39, 0.29) is 0 Å². The van der Waals surface area contributed by atoms with Crippen molar-refractivity contribution in [2.24, 2.45) is 0 Å². The van der Waals surface area contributed by atoms with E-state index in [4.69, 9.17) is 14.2 Å². The summed E-state index contributed by atoms with van der Waals surface area (Å²) in [6, 6.07) is 3.84. The predicted octanol–water partition coefficient (Wildman–Crippen LogP) is 2.08. The van der Waals surface area contributed by atoms with Gasteiger partial charge in [-0.05, 0) is 0 Å². The van der Waals surface area contributed by atoms with Gasteiger partial charge in [-0.1, -0.05) is 0 Å². The third-order valence-corrected chi connectivity index (χ3v) is 2.73. The van der Waals surface area contributed by atoms with Crippen molar-refractivity contribution < 1.29 is 14.2 Å². The third-order valence-electron chi connectivity index (χ3n) is 2.53. The number of benzene rings is 1. The predicted molar refractivity (Wildman–Crippen MR) is 73.2 cm³/mol. The molecule has 0 heterocycles. The highest BCUT2D eigenvalue weighted by molar-refractivity contribution is 7.80. The molecule has 0 aliphatic rings. The van der Waals surface area contributed by atoms with Crippen LogP contribution in [0.5, 0.6) is 17.2 Å². The van der Waals surface area contributed by atoms with Crippen molar-refractivity contribution in [3.05, 3.63) is 12.1 Å². The van der Waals surface area contributed by atoms with Crippen LogP contribution in [-0.4, -0.2) is 40.7 Å². The van der Waals surface area contributed by atoms with Crippen molar-refractivity contribution in [3.63, 3.8) is 0 Å². The van der Waals surface area contributed by atoms with E-state index in [1.165, 1.54) is 0 Å². The maximum Gasteiger partial charge on any atom is 0.203 e.